The van der Waals surface area contributed by atoms with Crippen molar-refractivity contribution in [1.82, 2.24) is 25.6 Å². The van der Waals surface area contributed by atoms with Crippen molar-refractivity contribution < 1.29 is 9.32 Å². The fraction of sp³-hybridized carbons (Fsp3) is 0.312. The van der Waals surface area contributed by atoms with Crippen LogP contribution in [0.3, 0.4) is 0 Å². The SMILES string of the molecule is O=C1CC(c2noc(CCc3cn[nH]n3)n2)CN1c1ccccc1. The molecule has 122 valence electrons. The molecule has 1 unspecified atom stereocenters. The summed E-state index contributed by atoms with van der Waals surface area (Å²) in [6, 6.07) is 9.64. The maximum Gasteiger partial charge on any atom is 0.227 e. The highest BCUT2D eigenvalue weighted by Gasteiger charge is 2.34. The van der Waals surface area contributed by atoms with E-state index in [0.29, 0.717) is 37.5 Å². The van der Waals surface area contributed by atoms with Gasteiger partial charge in [0.15, 0.2) is 5.82 Å². The van der Waals surface area contributed by atoms with Gasteiger partial charge in [-0.3, -0.25) is 4.79 Å². The Morgan fingerprint density at radius 2 is 2.12 bits per heavy atom. The minimum absolute atomic E-state index is 0.0396. The molecule has 8 heteroatoms. The summed E-state index contributed by atoms with van der Waals surface area (Å²) in [5, 5.41) is 14.4. The van der Waals surface area contributed by atoms with Crippen molar-refractivity contribution in [3.63, 3.8) is 0 Å². The summed E-state index contributed by atoms with van der Waals surface area (Å²) >= 11 is 0. The molecule has 24 heavy (non-hydrogen) atoms. The fourth-order valence-electron chi connectivity index (χ4n) is 2.85. The van der Waals surface area contributed by atoms with Crippen molar-refractivity contribution in [2.24, 2.45) is 0 Å². The zero-order chi connectivity index (χ0) is 16.4. The number of carbonyl (C=O) groups excluding carboxylic acids is 1. The Kier molecular flexibility index (Phi) is 3.78. The van der Waals surface area contributed by atoms with E-state index in [-0.39, 0.29) is 11.8 Å². The van der Waals surface area contributed by atoms with E-state index >= 15 is 0 Å². The highest BCUT2D eigenvalue weighted by Crippen LogP contribution is 2.30. The van der Waals surface area contributed by atoms with Gasteiger partial charge in [0.25, 0.3) is 0 Å². The number of amides is 1. The highest BCUT2D eigenvalue weighted by molar-refractivity contribution is 5.96. The van der Waals surface area contributed by atoms with Crippen LogP contribution in [0, 0.1) is 0 Å². The second-order valence-corrected chi connectivity index (χ2v) is 5.75. The topological polar surface area (TPSA) is 101 Å². The highest BCUT2D eigenvalue weighted by atomic mass is 16.5. The third-order valence-corrected chi connectivity index (χ3v) is 4.10. The Balaban J connectivity index is 1.42. The number of para-hydroxylation sites is 1. The first kappa shape index (κ1) is 14.6. The number of aryl methyl sites for hydroxylation is 2. The van der Waals surface area contributed by atoms with Crippen molar-refractivity contribution in [3.8, 4) is 0 Å². The van der Waals surface area contributed by atoms with Crippen LogP contribution in [0.5, 0.6) is 0 Å². The van der Waals surface area contributed by atoms with E-state index in [1.807, 2.05) is 30.3 Å². The molecule has 1 aliphatic heterocycles. The van der Waals surface area contributed by atoms with Crippen LogP contribution in [0.1, 0.15) is 29.7 Å². The Morgan fingerprint density at radius 3 is 2.92 bits per heavy atom. The monoisotopic (exact) mass is 324 g/mol. The summed E-state index contributed by atoms with van der Waals surface area (Å²) in [5.74, 6) is 1.19. The predicted molar refractivity (Wildman–Crippen MR) is 84.2 cm³/mol. The first-order valence-corrected chi connectivity index (χ1v) is 7.82. The molecular formula is C16H16N6O2. The lowest BCUT2D eigenvalue weighted by Crippen LogP contribution is -2.24. The van der Waals surface area contributed by atoms with Gasteiger partial charge in [0, 0.05) is 37.4 Å². The lowest BCUT2D eigenvalue weighted by molar-refractivity contribution is -0.117. The Bertz CT molecular complexity index is 814. The van der Waals surface area contributed by atoms with Crippen molar-refractivity contribution in [1.29, 1.82) is 0 Å². The summed E-state index contributed by atoms with van der Waals surface area (Å²) in [4.78, 5) is 18.5. The van der Waals surface area contributed by atoms with E-state index in [1.165, 1.54) is 0 Å². The Hall–Kier alpha value is -3.03. The maximum atomic E-state index is 12.3. The van der Waals surface area contributed by atoms with Crippen LogP contribution < -0.4 is 4.90 Å². The molecule has 0 saturated carbocycles. The van der Waals surface area contributed by atoms with Crippen LogP contribution in [0.25, 0.3) is 0 Å². The van der Waals surface area contributed by atoms with Crippen molar-refractivity contribution in [3.05, 3.63) is 53.9 Å². The van der Waals surface area contributed by atoms with Gasteiger partial charge < -0.3 is 9.42 Å². The number of rotatable bonds is 5. The van der Waals surface area contributed by atoms with Gasteiger partial charge in [-0.2, -0.15) is 20.4 Å². The number of aromatic nitrogens is 5. The minimum atomic E-state index is -0.0396. The molecule has 1 N–H and O–H groups in total. The molecule has 0 radical (unpaired) electrons. The zero-order valence-corrected chi connectivity index (χ0v) is 12.9. The lowest BCUT2D eigenvalue weighted by atomic mass is 10.1. The molecule has 0 spiro atoms. The normalized spacial score (nSPS) is 17.6. The molecule has 3 heterocycles. The van der Waals surface area contributed by atoms with E-state index < -0.39 is 0 Å². The molecule has 1 fully saturated rings. The third kappa shape index (κ3) is 2.90. The van der Waals surface area contributed by atoms with Crippen LogP contribution in [-0.2, 0) is 17.6 Å². The number of nitrogens with one attached hydrogen (secondary N) is 1. The molecule has 8 nitrogen and oxygen atoms in total. The fourth-order valence-corrected chi connectivity index (χ4v) is 2.85. The summed E-state index contributed by atoms with van der Waals surface area (Å²) < 4.78 is 5.30. The standard InChI is InChI=1S/C16H16N6O2/c23-15-8-11(10-22(15)13-4-2-1-3-5-13)16-18-14(24-20-16)7-6-12-9-17-21-19-12/h1-5,9,11H,6-8,10H2,(H,17,19,21). The van der Waals surface area contributed by atoms with Gasteiger partial charge in [-0.15, -0.1) is 0 Å². The van der Waals surface area contributed by atoms with Crippen molar-refractivity contribution in [2.45, 2.75) is 25.2 Å². The van der Waals surface area contributed by atoms with E-state index in [9.17, 15) is 4.79 Å². The lowest BCUT2D eigenvalue weighted by Gasteiger charge is -2.15. The molecule has 1 saturated heterocycles. The van der Waals surface area contributed by atoms with E-state index in [2.05, 4.69) is 25.6 Å². The molecule has 1 amide bonds. The number of nitrogens with zero attached hydrogens (tertiary/aromatic N) is 5. The molecule has 1 atom stereocenters. The first-order chi connectivity index (χ1) is 11.8. The summed E-state index contributed by atoms with van der Waals surface area (Å²) in [5.41, 5.74) is 1.75. The quantitative estimate of drug-likeness (QED) is 0.763. The molecule has 1 aliphatic rings. The van der Waals surface area contributed by atoms with Gasteiger partial charge in [0.1, 0.15) is 0 Å². The van der Waals surface area contributed by atoms with Gasteiger partial charge in [-0.1, -0.05) is 23.4 Å². The third-order valence-electron chi connectivity index (χ3n) is 4.10. The molecule has 1 aromatic carbocycles. The summed E-state index contributed by atoms with van der Waals surface area (Å²) in [6.45, 7) is 0.575. The van der Waals surface area contributed by atoms with E-state index in [1.54, 1.807) is 11.1 Å². The maximum absolute atomic E-state index is 12.3. The van der Waals surface area contributed by atoms with Crippen LogP contribution in [0.2, 0.25) is 0 Å². The van der Waals surface area contributed by atoms with Crippen LogP contribution >= 0.6 is 0 Å². The number of hydrogen-bond donors (Lipinski definition) is 1. The van der Waals surface area contributed by atoms with E-state index in [0.717, 1.165) is 11.4 Å². The summed E-state index contributed by atoms with van der Waals surface area (Å²) in [7, 11) is 0. The van der Waals surface area contributed by atoms with Gasteiger partial charge in [0.2, 0.25) is 11.8 Å². The molecule has 4 rings (SSSR count). The van der Waals surface area contributed by atoms with E-state index in [4.69, 9.17) is 4.52 Å². The van der Waals surface area contributed by atoms with Crippen LogP contribution in [0.4, 0.5) is 5.69 Å². The molecule has 2 aromatic heterocycles. The van der Waals surface area contributed by atoms with Crippen LogP contribution in [0.15, 0.2) is 41.1 Å². The van der Waals surface area contributed by atoms with Gasteiger partial charge >= 0.3 is 0 Å². The van der Waals surface area contributed by atoms with Gasteiger partial charge in [-0.25, -0.2) is 0 Å². The molecular weight excluding hydrogens is 308 g/mol. The average Bonchev–Trinajstić information content (AvgIpc) is 3.34. The Morgan fingerprint density at radius 1 is 1.25 bits per heavy atom. The first-order valence-electron chi connectivity index (χ1n) is 7.82. The second-order valence-electron chi connectivity index (χ2n) is 5.75. The summed E-state index contributed by atoms with van der Waals surface area (Å²) in [6.07, 6.45) is 3.35. The number of carbonyl (C=O) groups is 1. The average molecular weight is 324 g/mol. The van der Waals surface area contributed by atoms with Crippen LogP contribution in [-0.4, -0.2) is 38.0 Å². The predicted octanol–water partition coefficient (Wildman–Crippen LogP) is 1.49. The van der Waals surface area contributed by atoms with Gasteiger partial charge in [-0.05, 0) is 12.1 Å². The number of aromatic amines is 1. The smallest absolute Gasteiger partial charge is 0.227 e. The molecule has 3 aromatic rings. The second kappa shape index (κ2) is 6.23. The number of hydrogen-bond acceptors (Lipinski definition) is 6. The molecule has 0 bridgehead atoms. The molecule has 0 aliphatic carbocycles. The van der Waals surface area contributed by atoms with Crippen molar-refractivity contribution in [2.75, 3.05) is 11.4 Å². The van der Waals surface area contributed by atoms with Crippen molar-refractivity contribution >= 4 is 11.6 Å². The Labute approximate surface area is 137 Å². The number of anilines is 1. The number of H-pyrrole nitrogens is 1. The van der Waals surface area contributed by atoms with Gasteiger partial charge in [0.05, 0.1) is 11.9 Å². The zero-order valence-electron chi connectivity index (χ0n) is 12.9. The minimum Gasteiger partial charge on any atom is -0.339 e. The number of benzene rings is 1. The largest absolute Gasteiger partial charge is 0.339 e.